The summed E-state index contributed by atoms with van der Waals surface area (Å²) in [5.74, 6) is 1.16. The molecule has 1 aliphatic rings. The molecule has 7 heteroatoms. The molecule has 0 spiro atoms. The van der Waals surface area contributed by atoms with Crippen LogP contribution < -0.4 is 0 Å². The highest BCUT2D eigenvalue weighted by Crippen LogP contribution is 2.52. The zero-order chi connectivity index (χ0) is 16.6. The molecule has 2 radical (unpaired) electrons. The van der Waals surface area contributed by atoms with Gasteiger partial charge in [-0.1, -0.05) is 27.7 Å². The summed E-state index contributed by atoms with van der Waals surface area (Å²) in [6.07, 6.45) is 1.59. The van der Waals surface area contributed by atoms with Crippen LogP contribution in [0, 0.1) is 0 Å². The van der Waals surface area contributed by atoms with E-state index in [-0.39, 0.29) is 6.10 Å². The third kappa shape index (κ3) is 14.4. The summed E-state index contributed by atoms with van der Waals surface area (Å²) >= 11 is 0. The fraction of sp³-hybridized carbons (Fsp3) is 0.846. The molecule has 1 aliphatic heterocycles. The molecule has 1 atom stereocenters. The van der Waals surface area contributed by atoms with Crippen LogP contribution >= 0.6 is 7.94 Å². The predicted octanol–water partition coefficient (Wildman–Crippen LogP) is 2.88. The first-order valence-electron chi connectivity index (χ1n) is 6.86. The highest BCUT2D eigenvalue weighted by molar-refractivity contribution is 7.63. The van der Waals surface area contributed by atoms with Gasteiger partial charge in [-0.05, 0) is 18.3 Å². The molecule has 0 aromatic heterocycles. The van der Waals surface area contributed by atoms with Gasteiger partial charge in [0.1, 0.15) is 13.7 Å². The molecule has 0 amide bonds. The summed E-state index contributed by atoms with van der Waals surface area (Å²) in [6, 6.07) is 0. The first-order chi connectivity index (χ1) is 9.46. The Hall–Kier alpha value is 0.0349. The van der Waals surface area contributed by atoms with E-state index in [2.05, 4.69) is 9.26 Å². The zero-order valence-electron chi connectivity index (χ0n) is 13.9. The lowest BCUT2D eigenvalue weighted by Gasteiger charge is -2.10. The van der Waals surface area contributed by atoms with E-state index >= 15 is 0 Å². The molecule has 1 heterocycles. The molecular weight excluding hydrogens is 278 g/mol. The Morgan fingerprint density at radius 2 is 1.65 bits per heavy atom. The molecule has 0 bridgehead atoms. The minimum Gasteiger partial charge on any atom is -0.388 e. The van der Waals surface area contributed by atoms with E-state index in [4.69, 9.17) is 12.6 Å². The quantitative estimate of drug-likeness (QED) is 0.620. The molecule has 20 heavy (non-hydrogen) atoms. The summed E-state index contributed by atoms with van der Waals surface area (Å²) in [7, 11) is 6.68. The standard InChI is InChI=1S/C7H13BO4P.C2H6O.2C2H6/c1-11-13(9,10)5-6(8)7-3-2-4-12-7;1-3-2;2*1-2/h5,7,9-10H,2-4H2,1H3;1-2H3;2*1-2H3/q+1;;;/b6-5-;;;. The van der Waals surface area contributed by atoms with Crippen molar-refractivity contribution >= 4 is 15.8 Å². The monoisotopic (exact) mass is 309 g/mol. The summed E-state index contributed by atoms with van der Waals surface area (Å²) < 4.78 is 14.0. The van der Waals surface area contributed by atoms with Crippen LogP contribution in [0.2, 0.25) is 0 Å². The van der Waals surface area contributed by atoms with Gasteiger partial charge in [-0.2, -0.15) is 14.3 Å². The molecule has 0 aromatic rings. The zero-order valence-corrected chi connectivity index (χ0v) is 14.8. The van der Waals surface area contributed by atoms with Crippen LogP contribution in [-0.4, -0.2) is 51.7 Å². The van der Waals surface area contributed by atoms with E-state index in [1.165, 1.54) is 7.11 Å². The summed E-state index contributed by atoms with van der Waals surface area (Å²) in [5, 5.41) is 0. The van der Waals surface area contributed by atoms with Gasteiger partial charge in [0.2, 0.25) is 0 Å². The number of ether oxygens (including phenoxy) is 2. The maximum absolute atomic E-state index is 9.19. The predicted molar refractivity (Wildman–Crippen MR) is 86.8 cm³/mol. The highest BCUT2D eigenvalue weighted by atomic mass is 31.2. The smallest absolute Gasteiger partial charge is 0.388 e. The van der Waals surface area contributed by atoms with Gasteiger partial charge in [-0.25, -0.2) is 0 Å². The van der Waals surface area contributed by atoms with E-state index in [9.17, 15) is 9.79 Å². The van der Waals surface area contributed by atoms with Crippen LogP contribution in [0.4, 0.5) is 0 Å². The molecule has 0 aliphatic carbocycles. The van der Waals surface area contributed by atoms with Gasteiger partial charge in [0.15, 0.2) is 0 Å². The second-order valence-electron chi connectivity index (χ2n) is 3.31. The molecule has 0 saturated carbocycles. The Bertz CT molecular complexity index is 219. The van der Waals surface area contributed by atoms with Gasteiger partial charge in [0.25, 0.3) is 0 Å². The minimum atomic E-state index is -3.40. The highest BCUT2D eigenvalue weighted by Gasteiger charge is 2.32. The third-order valence-corrected chi connectivity index (χ3v) is 3.06. The lowest BCUT2D eigenvalue weighted by atomic mass is 9.91. The number of hydrogen-bond acceptors (Lipinski definition) is 5. The topological polar surface area (TPSA) is 68.2 Å². The SMILES string of the molecule is CC.CC.COC.[B]/C(=C\[P+](O)(O)OC)C1CCCO1. The Morgan fingerprint density at radius 3 is 1.95 bits per heavy atom. The molecule has 1 fully saturated rings. The second-order valence-corrected chi connectivity index (χ2v) is 5.11. The van der Waals surface area contributed by atoms with Crippen LogP contribution in [0.25, 0.3) is 0 Å². The van der Waals surface area contributed by atoms with Crippen molar-refractivity contribution in [2.75, 3.05) is 27.9 Å². The molecule has 1 unspecified atom stereocenters. The average Bonchev–Trinajstić information content (AvgIpc) is 2.98. The van der Waals surface area contributed by atoms with Crippen molar-refractivity contribution in [1.82, 2.24) is 0 Å². The summed E-state index contributed by atoms with van der Waals surface area (Å²) in [6.45, 7) is 8.68. The second kappa shape index (κ2) is 17.1. The van der Waals surface area contributed by atoms with E-state index in [0.29, 0.717) is 12.1 Å². The molecule has 0 aromatic carbocycles. The van der Waals surface area contributed by atoms with E-state index in [1.54, 1.807) is 14.2 Å². The average molecular weight is 309 g/mol. The van der Waals surface area contributed by atoms with Crippen molar-refractivity contribution in [3.05, 3.63) is 11.3 Å². The van der Waals surface area contributed by atoms with Crippen LogP contribution in [0.15, 0.2) is 11.3 Å². The van der Waals surface area contributed by atoms with Gasteiger partial charge < -0.3 is 9.47 Å². The number of methoxy groups -OCH3 is 1. The van der Waals surface area contributed by atoms with Gasteiger partial charge >= 0.3 is 7.94 Å². The Balaban J connectivity index is -0.000000355. The maximum atomic E-state index is 9.19. The van der Waals surface area contributed by atoms with Crippen LogP contribution in [0.1, 0.15) is 40.5 Å². The van der Waals surface area contributed by atoms with Crippen molar-refractivity contribution in [3.63, 3.8) is 0 Å². The lowest BCUT2D eigenvalue weighted by molar-refractivity contribution is 0.142. The van der Waals surface area contributed by atoms with Crippen LogP contribution in [0.5, 0.6) is 0 Å². The fourth-order valence-electron chi connectivity index (χ4n) is 1.17. The number of hydrogen-bond donors (Lipinski definition) is 2. The van der Waals surface area contributed by atoms with Gasteiger partial charge in [-0.15, -0.1) is 0 Å². The van der Waals surface area contributed by atoms with Crippen molar-refractivity contribution in [1.29, 1.82) is 0 Å². The lowest BCUT2D eigenvalue weighted by Crippen LogP contribution is -2.09. The van der Waals surface area contributed by atoms with Gasteiger partial charge in [0, 0.05) is 20.8 Å². The van der Waals surface area contributed by atoms with Crippen molar-refractivity contribution in [2.45, 2.75) is 46.6 Å². The molecular formula is C13H31BO5P+. The van der Waals surface area contributed by atoms with E-state index < -0.39 is 7.94 Å². The normalized spacial score (nSPS) is 17.9. The first kappa shape index (κ1) is 25.0. The van der Waals surface area contributed by atoms with Crippen molar-refractivity contribution in [2.24, 2.45) is 0 Å². The van der Waals surface area contributed by atoms with E-state index in [1.807, 2.05) is 27.7 Å². The Kier molecular flexibility index (Phi) is 21.4. The maximum Gasteiger partial charge on any atom is 0.434 e. The van der Waals surface area contributed by atoms with Crippen LogP contribution in [-0.2, 0) is 14.0 Å². The van der Waals surface area contributed by atoms with Gasteiger partial charge in [-0.3, -0.25) is 0 Å². The molecule has 1 rings (SSSR count). The summed E-state index contributed by atoms with van der Waals surface area (Å²) in [4.78, 5) is 18.4. The molecule has 2 N–H and O–H groups in total. The summed E-state index contributed by atoms with van der Waals surface area (Å²) in [5.41, 5.74) is 0.345. The van der Waals surface area contributed by atoms with Gasteiger partial charge in [0.05, 0.1) is 13.2 Å². The Morgan fingerprint density at radius 1 is 1.20 bits per heavy atom. The molecule has 5 nitrogen and oxygen atoms in total. The van der Waals surface area contributed by atoms with Crippen molar-refractivity contribution < 1.29 is 23.8 Å². The van der Waals surface area contributed by atoms with Crippen molar-refractivity contribution in [3.8, 4) is 0 Å². The fourth-order valence-corrected chi connectivity index (χ4v) is 1.83. The first-order valence-corrected chi connectivity index (χ1v) is 8.55. The Labute approximate surface area is 126 Å². The largest absolute Gasteiger partial charge is 0.434 e. The number of rotatable bonds is 3. The van der Waals surface area contributed by atoms with Crippen LogP contribution in [0.3, 0.4) is 0 Å². The molecule has 1 saturated heterocycles. The minimum absolute atomic E-state index is 0.186. The third-order valence-electron chi connectivity index (χ3n) is 1.89. The molecule has 120 valence electrons. The van der Waals surface area contributed by atoms with E-state index in [0.717, 1.165) is 18.7 Å².